The van der Waals surface area contributed by atoms with Gasteiger partial charge in [0.05, 0.1) is 11.7 Å². The van der Waals surface area contributed by atoms with Gasteiger partial charge in [-0.2, -0.15) is 0 Å². The third-order valence-electron chi connectivity index (χ3n) is 3.36. The van der Waals surface area contributed by atoms with Crippen LogP contribution in [0, 0.1) is 0 Å². The number of nitrogens with one attached hydrogen (secondary N) is 1. The van der Waals surface area contributed by atoms with Crippen molar-refractivity contribution in [3.8, 4) is 0 Å². The fourth-order valence-electron chi connectivity index (χ4n) is 2.46. The number of nitrogens with zero attached hydrogens (tertiary/aromatic N) is 1. The third-order valence-corrected chi connectivity index (χ3v) is 3.36. The number of benzene rings is 1. The molecule has 0 radical (unpaired) electrons. The van der Waals surface area contributed by atoms with Crippen LogP contribution in [0.4, 0.5) is 9.59 Å². The number of esters is 1. The molecule has 0 aliphatic carbocycles. The highest BCUT2D eigenvalue weighted by atomic mass is 16.5. The van der Waals surface area contributed by atoms with Crippen molar-refractivity contribution in [2.45, 2.75) is 32.9 Å². The third kappa shape index (κ3) is 3.33. The summed E-state index contributed by atoms with van der Waals surface area (Å²) in [5, 5.41) is 2.48. The molecule has 1 aliphatic heterocycles. The molecule has 7 heteroatoms. The Hall–Kier alpha value is -2.83. The number of primary amides is 1. The maximum Gasteiger partial charge on any atom is 0.338 e. The molecule has 23 heavy (non-hydrogen) atoms. The summed E-state index contributed by atoms with van der Waals surface area (Å²) in [4.78, 5) is 37.2. The van der Waals surface area contributed by atoms with Gasteiger partial charge in [0.1, 0.15) is 6.04 Å². The van der Waals surface area contributed by atoms with Gasteiger partial charge in [-0.25, -0.2) is 19.3 Å². The van der Waals surface area contributed by atoms with Crippen LogP contribution in [0.3, 0.4) is 0 Å². The minimum absolute atomic E-state index is 0.184. The van der Waals surface area contributed by atoms with Gasteiger partial charge < -0.3 is 15.8 Å². The number of hydrogen-bond donors (Lipinski definition) is 2. The van der Waals surface area contributed by atoms with Gasteiger partial charge in [0.15, 0.2) is 0 Å². The molecule has 0 bridgehead atoms. The monoisotopic (exact) mass is 317 g/mol. The topological polar surface area (TPSA) is 102 Å². The SMILES string of the molecule is CC1=C(C(=O)OC(C)C)C(c2ccccc2)N(C(N)=O)C(=O)N1. The highest BCUT2D eigenvalue weighted by Crippen LogP contribution is 2.34. The number of hydrogen-bond acceptors (Lipinski definition) is 4. The van der Waals surface area contributed by atoms with Crippen LogP contribution in [-0.4, -0.2) is 29.0 Å². The summed E-state index contributed by atoms with van der Waals surface area (Å²) < 4.78 is 5.25. The van der Waals surface area contributed by atoms with Gasteiger partial charge in [-0.1, -0.05) is 30.3 Å². The Bertz CT molecular complexity index is 667. The van der Waals surface area contributed by atoms with Gasteiger partial charge in [0.2, 0.25) is 0 Å². The number of amides is 4. The van der Waals surface area contributed by atoms with Crippen LogP contribution in [0.5, 0.6) is 0 Å². The van der Waals surface area contributed by atoms with Crippen LogP contribution in [0.25, 0.3) is 0 Å². The van der Waals surface area contributed by atoms with Crippen molar-refractivity contribution in [1.29, 1.82) is 0 Å². The van der Waals surface area contributed by atoms with Crippen LogP contribution in [-0.2, 0) is 9.53 Å². The first-order chi connectivity index (χ1) is 10.8. The quantitative estimate of drug-likeness (QED) is 0.833. The Balaban J connectivity index is 2.58. The molecule has 2 rings (SSSR count). The zero-order valence-corrected chi connectivity index (χ0v) is 13.2. The van der Waals surface area contributed by atoms with Gasteiger partial charge in [-0.15, -0.1) is 0 Å². The van der Waals surface area contributed by atoms with Crippen molar-refractivity contribution in [2.24, 2.45) is 5.73 Å². The maximum atomic E-state index is 12.5. The largest absolute Gasteiger partial charge is 0.459 e. The molecule has 0 fully saturated rings. The van der Waals surface area contributed by atoms with E-state index in [1.54, 1.807) is 51.1 Å². The lowest BCUT2D eigenvalue weighted by Gasteiger charge is -2.35. The number of imide groups is 1. The standard InChI is InChI=1S/C16H19N3O4/c1-9(2)23-14(20)12-10(3)18-16(22)19(15(17)21)13(12)11-7-5-4-6-8-11/h4-9,13H,1-3H3,(H2,17,21)(H,18,22). The number of carbonyl (C=O) groups excluding carboxylic acids is 3. The number of nitrogens with two attached hydrogens (primary N) is 1. The molecule has 0 saturated heterocycles. The van der Waals surface area contributed by atoms with Crippen LogP contribution in [0.15, 0.2) is 41.6 Å². The molecule has 0 saturated carbocycles. The van der Waals surface area contributed by atoms with Gasteiger partial charge >= 0.3 is 18.0 Å². The summed E-state index contributed by atoms with van der Waals surface area (Å²) in [5.74, 6) is -0.599. The van der Waals surface area contributed by atoms with Crippen molar-refractivity contribution in [1.82, 2.24) is 10.2 Å². The lowest BCUT2D eigenvalue weighted by molar-refractivity contribution is -0.143. The highest BCUT2D eigenvalue weighted by molar-refractivity contribution is 6.01. The molecule has 1 heterocycles. The van der Waals surface area contributed by atoms with E-state index in [1.807, 2.05) is 0 Å². The van der Waals surface area contributed by atoms with E-state index >= 15 is 0 Å². The zero-order valence-electron chi connectivity index (χ0n) is 13.2. The second-order valence-electron chi connectivity index (χ2n) is 5.44. The van der Waals surface area contributed by atoms with Crippen LogP contribution < -0.4 is 11.1 Å². The normalized spacial score (nSPS) is 18.0. The lowest BCUT2D eigenvalue weighted by Crippen LogP contribution is -2.53. The first kappa shape index (κ1) is 16.5. The fraction of sp³-hybridized carbons (Fsp3) is 0.312. The van der Waals surface area contributed by atoms with E-state index in [0.717, 1.165) is 4.90 Å². The second-order valence-corrected chi connectivity index (χ2v) is 5.44. The number of rotatable bonds is 3. The first-order valence-corrected chi connectivity index (χ1v) is 7.19. The summed E-state index contributed by atoms with van der Waals surface area (Å²) in [7, 11) is 0. The summed E-state index contributed by atoms with van der Waals surface area (Å²) in [5.41, 5.74) is 6.46. The van der Waals surface area contributed by atoms with E-state index in [4.69, 9.17) is 10.5 Å². The van der Waals surface area contributed by atoms with Crippen molar-refractivity contribution in [3.63, 3.8) is 0 Å². The van der Waals surface area contributed by atoms with Crippen LogP contribution in [0.1, 0.15) is 32.4 Å². The van der Waals surface area contributed by atoms with E-state index in [1.165, 1.54) is 0 Å². The van der Waals surface area contributed by atoms with Crippen molar-refractivity contribution in [3.05, 3.63) is 47.2 Å². The minimum atomic E-state index is -0.946. The van der Waals surface area contributed by atoms with E-state index in [-0.39, 0.29) is 11.7 Å². The maximum absolute atomic E-state index is 12.5. The van der Waals surface area contributed by atoms with Gasteiger partial charge in [0, 0.05) is 5.70 Å². The van der Waals surface area contributed by atoms with Crippen molar-refractivity contribution in [2.75, 3.05) is 0 Å². The Kier molecular flexibility index (Phi) is 4.68. The lowest BCUT2D eigenvalue weighted by atomic mass is 9.94. The van der Waals surface area contributed by atoms with E-state index in [2.05, 4.69) is 5.32 Å². The van der Waals surface area contributed by atoms with Gasteiger partial charge in [0.25, 0.3) is 0 Å². The Morgan fingerprint density at radius 3 is 2.39 bits per heavy atom. The highest BCUT2D eigenvalue weighted by Gasteiger charge is 2.41. The Labute approximate surface area is 134 Å². The average molecular weight is 317 g/mol. The molecule has 1 aliphatic rings. The molecule has 4 amide bonds. The molecule has 122 valence electrons. The molecule has 1 unspecified atom stereocenters. The first-order valence-electron chi connectivity index (χ1n) is 7.19. The smallest absolute Gasteiger partial charge is 0.338 e. The molecule has 7 nitrogen and oxygen atoms in total. The zero-order chi connectivity index (χ0) is 17.1. The molecule has 3 N–H and O–H groups in total. The molecular weight excluding hydrogens is 298 g/mol. The fourth-order valence-corrected chi connectivity index (χ4v) is 2.46. The molecule has 1 aromatic rings. The molecule has 0 aromatic heterocycles. The number of urea groups is 2. The Morgan fingerprint density at radius 1 is 1.26 bits per heavy atom. The number of carbonyl (C=O) groups is 3. The summed E-state index contributed by atoms with van der Waals surface area (Å²) in [6, 6.07) is 6.19. The predicted octanol–water partition coefficient (Wildman–Crippen LogP) is 2.06. The van der Waals surface area contributed by atoms with Crippen LogP contribution >= 0.6 is 0 Å². The molecule has 0 spiro atoms. The van der Waals surface area contributed by atoms with Gasteiger partial charge in [-0.05, 0) is 26.3 Å². The van der Waals surface area contributed by atoms with Crippen LogP contribution in [0.2, 0.25) is 0 Å². The second kappa shape index (κ2) is 6.51. The Morgan fingerprint density at radius 2 is 1.87 bits per heavy atom. The number of ether oxygens (including phenoxy) is 1. The summed E-state index contributed by atoms with van der Waals surface area (Å²) in [6.07, 6.45) is -0.334. The minimum Gasteiger partial charge on any atom is -0.459 e. The van der Waals surface area contributed by atoms with E-state index in [9.17, 15) is 14.4 Å². The molecule has 1 atom stereocenters. The average Bonchev–Trinajstić information content (AvgIpc) is 2.45. The van der Waals surface area contributed by atoms with Crippen molar-refractivity contribution >= 4 is 18.0 Å². The van der Waals surface area contributed by atoms with E-state index < -0.39 is 24.1 Å². The van der Waals surface area contributed by atoms with E-state index in [0.29, 0.717) is 11.3 Å². The predicted molar refractivity (Wildman–Crippen MR) is 83.1 cm³/mol. The van der Waals surface area contributed by atoms with Gasteiger partial charge in [-0.3, -0.25) is 0 Å². The molecule has 1 aromatic carbocycles. The molecular formula is C16H19N3O4. The summed E-state index contributed by atoms with van der Waals surface area (Å²) in [6.45, 7) is 5.03. The summed E-state index contributed by atoms with van der Waals surface area (Å²) >= 11 is 0. The van der Waals surface area contributed by atoms with Crippen molar-refractivity contribution < 1.29 is 19.1 Å². The number of allylic oxidation sites excluding steroid dienone is 1.